The van der Waals surface area contributed by atoms with Crippen LogP contribution in [0.4, 0.5) is 0 Å². The number of aryl methyl sites for hydroxylation is 1. The van der Waals surface area contributed by atoms with Crippen molar-refractivity contribution in [2.75, 3.05) is 6.61 Å². The molecule has 2 aromatic carbocycles. The maximum atomic E-state index is 11.5. The van der Waals surface area contributed by atoms with Gasteiger partial charge < -0.3 is 4.74 Å². The standard InChI is InChI=1S/C17H18O2/c1-3-19-17(18)13(2)8-9-14-10-11-15-6-4-5-7-16(15)12-14/h4-7,10-12H,2-3,8-9H2,1H3. The van der Waals surface area contributed by atoms with Crippen molar-refractivity contribution < 1.29 is 9.53 Å². The maximum absolute atomic E-state index is 11.5. The molecule has 0 aliphatic heterocycles. The molecule has 0 aromatic heterocycles. The summed E-state index contributed by atoms with van der Waals surface area (Å²) in [5, 5.41) is 2.46. The molecule has 0 fully saturated rings. The zero-order chi connectivity index (χ0) is 13.7. The van der Waals surface area contributed by atoms with Gasteiger partial charge in [0.25, 0.3) is 0 Å². The zero-order valence-corrected chi connectivity index (χ0v) is 11.2. The molecule has 0 aliphatic rings. The summed E-state index contributed by atoms with van der Waals surface area (Å²) in [7, 11) is 0. The van der Waals surface area contributed by atoms with E-state index in [-0.39, 0.29) is 5.97 Å². The van der Waals surface area contributed by atoms with Crippen LogP contribution in [0.5, 0.6) is 0 Å². The smallest absolute Gasteiger partial charge is 0.333 e. The van der Waals surface area contributed by atoms with Crippen molar-refractivity contribution in [1.82, 2.24) is 0 Å². The molecule has 2 nitrogen and oxygen atoms in total. The molecule has 2 aromatic rings. The SMILES string of the molecule is C=C(CCc1ccc2ccccc2c1)C(=O)OCC. The average molecular weight is 254 g/mol. The van der Waals surface area contributed by atoms with E-state index < -0.39 is 0 Å². The minimum Gasteiger partial charge on any atom is -0.463 e. The highest BCUT2D eigenvalue weighted by atomic mass is 16.5. The van der Waals surface area contributed by atoms with Crippen LogP contribution >= 0.6 is 0 Å². The summed E-state index contributed by atoms with van der Waals surface area (Å²) >= 11 is 0. The molecule has 0 amide bonds. The summed E-state index contributed by atoms with van der Waals surface area (Å²) in [6.45, 7) is 5.97. The van der Waals surface area contributed by atoms with Gasteiger partial charge in [-0.25, -0.2) is 4.79 Å². The molecule has 0 spiro atoms. The largest absolute Gasteiger partial charge is 0.463 e. The fourth-order valence-corrected chi connectivity index (χ4v) is 2.02. The number of esters is 1. The Morgan fingerprint density at radius 2 is 1.89 bits per heavy atom. The van der Waals surface area contributed by atoms with E-state index >= 15 is 0 Å². The summed E-state index contributed by atoms with van der Waals surface area (Å²) in [6, 6.07) is 14.6. The van der Waals surface area contributed by atoms with Crippen LogP contribution in [0, 0.1) is 0 Å². The third-order valence-electron chi connectivity index (χ3n) is 3.09. The number of ether oxygens (including phenoxy) is 1. The highest BCUT2D eigenvalue weighted by Gasteiger charge is 2.07. The van der Waals surface area contributed by atoms with Gasteiger partial charge in [0.2, 0.25) is 0 Å². The van der Waals surface area contributed by atoms with Gasteiger partial charge in [-0.15, -0.1) is 0 Å². The van der Waals surface area contributed by atoms with E-state index in [0.29, 0.717) is 18.6 Å². The number of hydrogen-bond acceptors (Lipinski definition) is 2. The van der Waals surface area contributed by atoms with E-state index in [1.54, 1.807) is 6.92 Å². The molecule has 0 saturated heterocycles. The third-order valence-corrected chi connectivity index (χ3v) is 3.09. The highest BCUT2D eigenvalue weighted by molar-refractivity contribution is 5.87. The van der Waals surface area contributed by atoms with E-state index in [0.717, 1.165) is 6.42 Å². The normalized spacial score (nSPS) is 10.4. The summed E-state index contributed by atoms with van der Waals surface area (Å²) in [5.74, 6) is -0.289. The maximum Gasteiger partial charge on any atom is 0.333 e. The Balaban J connectivity index is 2.02. The molecule has 0 saturated carbocycles. The Morgan fingerprint density at radius 1 is 1.16 bits per heavy atom. The van der Waals surface area contributed by atoms with Crippen molar-refractivity contribution in [3.63, 3.8) is 0 Å². The van der Waals surface area contributed by atoms with E-state index in [9.17, 15) is 4.79 Å². The van der Waals surface area contributed by atoms with Crippen LogP contribution in [0.1, 0.15) is 18.9 Å². The van der Waals surface area contributed by atoms with E-state index in [1.165, 1.54) is 16.3 Å². The molecular weight excluding hydrogens is 236 g/mol. The number of fused-ring (bicyclic) bond motifs is 1. The Labute approximate surface area is 113 Å². The fourth-order valence-electron chi connectivity index (χ4n) is 2.02. The van der Waals surface area contributed by atoms with Crippen molar-refractivity contribution in [2.24, 2.45) is 0 Å². The minimum absolute atomic E-state index is 0.289. The predicted molar refractivity (Wildman–Crippen MR) is 78.0 cm³/mol. The van der Waals surface area contributed by atoms with Crippen LogP contribution in [-0.4, -0.2) is 12.6 Å². The lowest BCUT2D eigenvalue weighted by Gasteiger charge is -2.06. The topological polar surface area (TPSA) is 26.3 Å². The predicted octanol–water partition coefficient (Wildman–Crippen LogP) is 3.89. The Kier molecular flexibility index (Phi) is 4.35. The first-order chi connectivity index (χ1) is 9.20. The lowest BCUT2D eigenvalue weighted by molar-refractivity contribution is -0.138. The van der Waals surface area contributed by atoms with Gasteiger partial charge in [0.05, 0.1) is 6.61 Å². The zero-order valence-electron chi connectivity index (χ0n) is 11.2. The molecule has 0 heterocycles. The summed E-state index contributed by atoms with van der Waals surface area (Å²) in [6.07, 6.45) is 1.44. The van der Waals surface area contributed by atoms with Crippen LogP contribution in [-0.2, 0) is 16.0 Å². The summed E-state index contributed by atoms with van der Waals surface area (Å²) < 4.78 is 4.92. The van der Waals surface area contributed by atoms with Crippen molar-refractivity contribution >= 4 is 16.7 Å². The molecule has 19 heavy (non-hydrogen) atoms. The number of rotatable bonds is 5. The first-order valence-electron chi connectivity index (χ1n) is 6.53. The Hall–Kier alpha value is -2.09. The van der Waals surface area contributed by atoms with Gasteiger partial charge in [-0.3, -0.25) is 0 Å². The van der Waals surface area contributed by atoms with E-state index in [2.05, 4.69) is 36.9 Å². The molecule has 0 radical (unpaired) electrons. The summed E-state index contributed by atoms with van der Waals surface area (Å²) in [4.78, 5) is 11.5. The average Bonchev–Trinajstić information content (AvgIpc) is 2.44. The van der Waals surface area contributed by atoms with Crippen LogP contribution in [0.25, 0.3) is 10.8 Å². The van der Waals surface area contributed by atoms with Gasteiger partial charge in [0.15, 0.2) is 0 Å². The van der Waals surface area contributed by atoms with E-state index in [4.69, 9.17) is 4.74 Å². The van der Waals surface area contributed by atoms with Crippen LogP contribution in [0.2, 0.25) is 0 Å². The quantitative estimate of drug-likeness (QED) is 0.597. The van der Waals surface area contributed by atoms with Gasteiger partial charge in [-0.1, -0.05) is 49.0 Å². The first-order valence-corrected chi connectivity index (χ1v) is 6.53. The number of carbonyl (C=O) groups excluding carboxylic acids is 1. The van der Waals surface area contributed by atoms with Crippen molar-refractivity contribution in [2.45, 2.75) is 19.8 Å². The molecule has 0 aliphatic carbocycles. The second-order valence-electron chi connectivity index (χ2n) is 4.51. The van der Waals surface area contributed by atoms with Gasteiger partial charge in [0, 0.05) is 5.57 Å². The lowest BCUT2D eigenvalue weighted by atomic mass is 10.0. The monoisotopic (exact) mass is 254 g/mol. The Bertz CT molecular complexity index is 599. The molecule has 0 atom stereocenters. The molecule has 2 rings (SSSR count). The van der Waals surface area contributed by atoms with Gasteiger partial charge in [0.1, 0.15) is 0 Å². The van der Waals surface area contributed by atoms with Crippen molar-refractivity contribution in [3.8, 4) is 0 Å². The van der Waals surface area contributed by atoms with Gasteiger partial charge in [-0.05, 0) is 36.1 Å². The Morgan fingerprint density at radius 3 is 2.63 bits per heavy atom. The molecule has 98 valence electrons. The molecular formula is C17H18O2. The van der Waals surface area contributed by atoms with Crippen molar-refractivity contribution in [3.05, 3.63) is 60.2 Å². The fraction of sp³-hybridized carbons (Fsp3) is 0.235. The lowest BCUT2D eigenvalue weighted by Crippen LogP contribution is -2.07. The summed E-state index contributed by atoms with van der Waals surface area (Å²) in [5.41, 5.74) is 1.75. The van der Waals surface area contributed by atoms with Crippen LogP contribution < -0.4 is 0 Å². The van der Waals surface area contributed by atoms with E-state index in [1.807, 2.05) is 12.1 Å². The van der Waals surface area contributed by atoms with Gasteiger partial charge >= 0.3 is 5.97 Å². The number of carbonyl (C=O) groups is 1. The molecule has 0 unspecified atom stereocenters. The third kappa shape index (κ3) is 3.44. The number of benzene rings is 2. The second kappa shape index (κ2) is 6.19. The van der Waals surface area contributed by atoms with Crippen LogP contribution in [0.3, 0.4) is 0 Å². The minimum atomic E-state index is -0.289. The first kappa shape index (κ1) is 13.3. The molecule has 0 bridgehead atoms. The van der Waals surface area contributed by atoms with Crippen LogP contribution in [0.15, 0.2) is 54.6 Å². The van der Waals surface area contributed by atoms with Gasteiger partial charge in [-0.2, -0.15) is 0 Å². The molecule has 0 N–H and O–H groups in total. The molecule has 2 heteroatoms. The second-order valence-corrected chi connectivity index (χ2v) is 4.51. The highest BCUT2D eigenvalue weighted by Crippen LogP contribution is 2.17. The van der Waals surface area contributed by atoms with Crippen molar-refractivity contribution in [1.29, 1.82) is 0 Å². The number of hydrogen-bond donors (Lipinski definition) is 0.